The number of alkyl halides is 3. The first-order valence-corrected chi connectivity index (χ1v) is 10.1. The lowest BCUT2D eigenvalue weighted by Gasteiger charge is -2.44. The number of piperazine rings is 1. The van der Waals surface area contributed by atoms with Crippen molar-refractivity contribution in [3.05, 3.63) is 29.8 Å². The van der Waals surface area contributed by atoms with Crippen molar-refractivity contribution in [2.45, 2.75) is 31.2 Å². The highest BCUT2D eigenvalue weighted by atomic mass is 19.4. The van der Waals surface area contributed by atoms with Crippen LogP contribution < -0.4 is 10.2 Å². The van der Waals surface area contributed by atoms with Crippen LogP contribution in [0.3, 0.4) is 0 Å². The number of morpholine rings is 1. The molecule has 0 saturated carbocycles. The summed E-state index contributed by atoms with van der Waals surface area (Å²) in [5, 5.41) is 2.90. The molecule has 0 aliphatic carbocycles. The van der Waals surface area contributed by atoms with Gasteiger partial charge in [-0.15, -0.1) is 0 Å². The Balaban J connectivity index is 1.29. The number of fused-ring (bicyclic) bond motifs is 1. The highest BCUT2D eigenvalue weighted by Crippen LogP contribution is 2.24. The van der Waals surface area contributed by atoms with Gasteiger partial charge in [0.2, 0.25) is 5.91 Å². The SMILES string of the molecule is O=C1COC2CCN(C(=O)N3CCN(c4ccc(CC(F)(F)F)cc4)CC3)CC2N1. The van der Waals surface area contributed by atoms with Gasteiger partial charge in [0, 0.05) is 45.0 Å². The zero-order valence-corrected chi connectivity index (χ0v) is 16.5. The average molecular weight is 426 g/mol. The minimum absolute atomic E-state index is 0.0380. The summed E-state index contributed by atoms with van der Waals surface area (Å²) >= 11 is 0. The number of amides is 3. The molecule has 0 radical (unpaired) electrons. The molecule has 7 nitrogen and oxygen atoms in total. The van der Waals surface area contributed by atoms with Crippen LogP contribution in [-0.2, 0) is 16.0 Å². The number of hydrogen-bond acceptors (Lipinski definition) is 4. The molecule has 2 atom stereocenters. The summed E-state index contributed by atoms with van der Waals surface area (Å²) < 4.78 is 43.0. The molecule has 3 saturated heterocycles. The largest absolute Gasteiger partial charge is 0.393 e. The Morgan fingerprint density at radius 3 is 2.43 bits per heavy atom. The Bertz CT molecular complexity index is 778. The third kappa shape index (κ3) is 4.80. The standard InChI is InChI=1S/C20H25F3N4O3/c21-20(22,23)11-14-1-3-15(4-2-14)25-7-9-26(10-8-25)19(29)27-6-5-17-16(12-27)24-18(28)13-30-17/h1-4,16-17H,5-13H2,(H,24,28). The van der Waals surface area contributed by atoms with E-state index < -0.39 is 12.6 Å². The fourth-order valence-electron chi connectivity index (χ4n) is 4.29. The van der Waals surface area contributed by atoms with E-state index in [0.29, 0.717) is 45.7 Å². The Kier molecular flexibility index (Phi) is 5.77. The zero-order chi connectivity index (χ0) is 21.3. The van der Waals surface area contributed by atoms with E-state index >= 15 is 0 Å². The number of carbonyl (C=O) groups excluding carboxylic acids is 2. The molecule has 1 aromatic carbocycles. The van der Waals surface area contributed by atoms with Gasteiger partial charge in [0.1, 0.15) is 6.61 Å². The summed E-state index contributed by atoms with van der Waals surface area (Å²) in [7, 11) is 0. The smallest absolute Gasteiger partial charge is 0.368 e. The number of benzene rings is 1. The normalized spacial score (nSPS) is 25.0. The van der Waals surface area contributed by atoms with Gasteiger partial charge in [0.15, 0.2) is 0 Å². The summed E-state index contributed by atoms with van der Waals surface area (Å²) in [5.41, 5.74) is 1.10. The van der Waals surface area contributed by atoms with Gasteiger partial charge >= 0.3 is 12.2 Å². The van der Waals surface area contributed by atoms with E-state index in [1.807, 2.05) is 0 Å². The summed E-state index contributed by atoms with van der Waals surface area (Å²) in [5.74, 6) is -0.152. The molecule has 30 heavy (non-hydrogen) atoms. The first-order chi connectivity index (χ1) is 14.3. The number of nitrogens with zero attached hydrogens (tertiary/aromatic N) is 3. The minimum atomic E-state index is -4.21. The molecule has 3 aliphatic rings. The van der Waals surface area contributed by atoms with Gasteiger partial charge in [-0.25, -0.2) is 4.79 Å². The van der Waals surface area contributed by atoms with Gasteiger partial charge in [0.05, 0.1) is 18.6 Å². The number of ether oxygens (including phenoxy) is 1. The monoisotopic (exact) mass is 426 g/mol. The highest BCUT2D eigenvalue weighted by Gasteiger charge is 2.38. The number of piperidine rings is 1. The summed E-state index contributed by atoms with van der Waals surface area (Å²) in [6.07, 6.45) is -4.49. The molecular weight excluding hydrogens is 401 g/mol. The van der Waals surface area contributed by atoms with Crippen molar-refractivity contribution >= 4 is 17.6 Å². The quantitative estimate of drug-likeness (QED) is 0.781. The Morgan fingerprint density at radius 1 is 1.07 bits per heavy atom. The Labute approximate surface area is 172 Å². The van der Waals surface area contributed by atoms with Gasteiger partial charge in [-0.05, 0) is 24.1 Å². The fraction of sp³-hybridized carbons (Fsp3) is 0.600. The maximum atomic E-state index is 12.9. The molecule has 10 heteroatoms. The second kappa shape index (κ2) is 8.33. The maximum Gasteiger partial charge on any atom is 0.393 e. The summed E-state index contributed by atoms with van der Waals surface area (Å²) in [6.45, 7) is 3.42. The summed E-state index contributed by atoms with van der Waals surface area (Å²) in [4.78, 5) is 30.1. The predicted octanol–water partition coefficient (Wildman–Crippen LogP) is 1.62. The average Bonchev–Trinajstić information content (AvgIpc) is 2.72. The van der Waals surface area contributed by atoms with E-state index in [2.05, 4.69) is 10.2 Å². The van der Waals surface area contributed by atoms with Crippen molar-refractivity contribution in [1.82, 2.24) is 15.1 Å². The van der Waals surface area contributed by atoms with E-state index in [0.717, 1.165) is 5.69 Å². The van der Waals surface area contributed by atoms with Crippen LogP contribution in [0.4, 0.5) is 23.7 Å². The lowest BCUT2D eigenvalue weighted by atomic mass is 10.0. The number of nitrogens with one attached hydrogen (secondary N) is 1. The Morgan fingerprint density at radius 2 is 1.77 bits per heavy atom. The van der Waals surface area contributed by atoms with E-state index in [1.54, 1.807) is 21.9 Å². The van der Waals surface area contributed by atoms with Gasteiger partial charge in [-0.2, -0.15) is 13.2 Å². The Hall–Kier alpha value is -2.49. The molecule has 3 heterocycles. The molecule has 3 amide bonds. The van der Waals surface area contributed by atoms with Crippen LogP contribution >= 0.6 is 0 Å². The van der Waals surface area contributed by atoms with Crippen molar-refractivity contribution in [3.63, 3.8) is 0 Å². The number of urea groups is 1. The molecule has 3 fully saturated rings. The van der Waals surface area contributed by atoms with Crippen LogP contribution in [0.25, 0.3) is 0 Å². The predicted molar refractivity (Wildman–Crippen MR) is 103 cm³/mol. The molecule has 3 aliphatic heterocycles. The molecule has 0 aromatic heterocycles. The number of hydrogen-bond donors (Lipinski definition) is 1. The molecule has 0 spiro atoms. The van der Waals surface area contributed by atoms with E-state index in [9.17, 15) is 22.8 Å². The third-order valence-corrected chi connectivity index (χ3v) is 5.85. The fourth-order valence-corrected chi connectivity index (χ4v) is 4.29. The van der Waals surface area contributed by atoms with Crippen LogP contribution in [-0.4, -0.2) is 85.9 Å². The van der Waals surface area contributed by atoms with Crippen molar-refractivity contribution in [1.29, 1.82) is 0 Å². The molecule has 1 aromatic rings. The van der Waals surface area contributed by atoms with Crippen LogP contribution in [0.15, 0.2) is 24.3 Å². The van der Waals surface area contributed by atoms with Crippen molar-refractivity contribution in [2.24, 2.45) is 0 Å². The molecule has 0 bridgehead atoms. The second-order valence-electron chi connectivity index (χ2n) is 7.97. The zero-order valence-electron chi connectivity index (χ0n) is 16.5. The van der Waals surface area contributed by atoms with Crippen molar-refractivity contribution in [2.75, 3.05) is 50.8 Å². The molecule has 4 rings (SSSR count). The van der Waals surface area contributed by atoms with Crippen LogP contribution in [0.5, 0.6) is 0 Å². The number of likely N-dealkylation sites (tertiary alicyclic amines) is 1. The number of rotatable bonds is 2. The topological polar surface area (TPSA) is 65.1 Å². The molecular formula is C20H25F3N4O3. The van der Waals surface area contributed by atoms with Crippen molar-refractivity contribution < 1.29 is 27.5 Å². The van der Waals surface area contributed by atoms with Gasteiger partial charge in [-0.3, -0.25) is 4.79 Å². The first kappa shape index (κ1) is 20.8. The van der Waals surface area contributed by atoms with E-state index in [-0.39, 0.29) is 36.3 Å². The lowest BCUT2D eigenvalue weighted by molar-refractivity contribution is -0.139. The van der Waals surface area contributed by atoms with Crippen LogP contribution in [0, 0.1) is 0 Å². The van der Waals surface area contributed by atoms with Crippen LogP contribution in [0.2, 0.25) is 0 Å². The van der Waals surface area contributed by atoms with Gasteiger partial charge in [0.25, 0.3) is 0 Å². The van der Waals surface area contributed by atoms with Gasteiger partial charge in [-0.1, -0.05) is 12.1 Å². The third-order valence-electron chi connectivity index (χ3n) is 5.85. The lowest BCUT2D eigenvalue weighted by Crippen LogP contribution is -2.63. The first-order valence-electron chi connectivity index (χ1n) is 10.1. The minimum Gasteiger partial charge on any atom is -0.368 e. The summed E-state index contributed by atoms with van der Waals surface area (Å²) in [6, 6.07) is 6.20. The van der Waals surface area contributed by atoms with E-state index in [4.69, 9.17) is 4.74 Å². The molecule has 2 unspecified atom stereocenters. The second-order valence-corrected chi connectivity index (χ2v) is 7.97. The van der Waals surface area contributed by atoms with E-state index in [1.165, 1.54) is 12.1 Å². The number of anilines is 1. The molecule has 164 valence electrons. The number of halogens is 3. The highest BCUT2D eigenvalue weighted by molar-refractivity contribution is 5.79. The number of carbonyl (C=O) groups is 2. The van der Waals surface area contributed by atoms with Crippen molar-refractivity contribution in [3.8, 4) is 0 Å². The van der Waals surface area contributed by atoms with Crippen LogP contribution in [0.1, 0.15) is 12.0 Å². The molecule has 1 N–H and O–H groups in total. The maximum absolute atomic E-state index is 12.9. The van der Waals surface area contributed by atoms with Gasteiger partial charge < -0.3 is 24.8 Å².